The molecule has 0 radical (unpaired) electrons. The molecule has 0 N–H and O–H groups in total. The Morgan fingerprint density at radius 3 is 1.02 bits per heavy atom. The van der Waals surface area contributed by atoms with Crippen molar-refractivity contribution in [3.8, 4) is 22.3 Å². The molecule has 40 heavy (non-hydrogen) atoms. The standard InChI is InChI=1S/C40H26/c1-23-19-21-31-35-27(23)15-9-17-29(35)37-33(25-11-5-3-6-12-25)40-32-22-20-24(2)28-16-10-18-30(36(28)32)38(40)34(39(31)37)26-13-7-4-8-14-26/h3-22H,1-2H3. The molecule has 9 aromatic rings. The van der Waals surface area contributed by atoms with Crippen LogP contribution < -0.4 is 0 Å². The minimum Gasteiger partial charge on any atom is -0.0622 e. The van der Waals surface area contributed by atoms with Gasteiger partial charge in [0.2, 0.25) is 0 Å². The molecule has 0 atom stereocenters. The van der Waals surface area contributed by atoms with Gasteiger partial charge in [0, 0.05) is 0 Å². The Labute approximate surface area is 232 Å². The lowest BCUT2D eigenvalue weighted by Gasteiger charge is -2.15. The fourth-order valence-corrected chi connectivity index (χ4v) is 7.55. The third kappa shape index (κ3) is 2.66. The topological polar surface area (TPSA) is 0 Å². The van der Waals surface area contributed by atoms with Gasteiger partial charge < -0.3 is 0 Å². The summed E-state index contributed by atoms with van der Waals surface area (Å²) in [5.74, 6) is 0. The van der Waals surface area contributed by atoms with Crippen LogP contribution in [0.15, 0.2) is 121 Å². The lowest BCUT2D eigenvalue weighted by atomic mass is 9.87. The van der Waals surface area contributed by atoms with Crippen LogP contribution in [0.4, 0.5) is 0 Å². The highest BCUT2D eigenvalue weighted by Gasteiger charge is 2.27. The molecule has 0 saturated heterocycles. The maximum absolute atomic E-state index is 2.37. The summed E-state index contributed by atoms with van der Waals surface area (Å²) in [5, 5.41) is 16.4. The summed E-state index contributed by atoms with van der Waals surface area (Å²) < 4.78 is 0. The number of benzene rings is 7. The Hall–Kier alpha value is -4.94. The lowest BCUT2D eigenvalue weighted by Crippen LogP contribution is -1.87. The molecule has 0 saturated carbocycles. The second-order valence-corrected chi connectivity index (χ2v) is 11.3. The van der Waals surface area contributed by atoms with Gasteiger partial charge in [-0.25, -0.2) is 0 Å². The van der Waals surface area contributed by atoms with E-state index in [4.69, 9.17) is 0 Å². The molecule has 0 aliphatic heterocycles. The van der Waals surface area contributed by atoms with Gasteiger partial charge in [0.05, 0.1) is 0 Å². The fourth-order valence-electron chi connectivity index (χ4n) is 7.55. The SMILES string of the molecule is Cc1ccc2c3c(-c4ccccc4)c4c5cccc6c(C)ccc(c4c(-c4ccccc4)c3c3cccc1c32)c65. The van der Waals surface area contributed by atoms with Crippen LogP contribution in [-0.4, -0.2) is 0 Å². The molecule has 0 aliphatic carbocycles. The summed E-state index contributed by atoms with van der Waals surface area (Å²) in [6.45, 7) is 4.47. The van der Waals surface area contributed by atoms with Crippen molar-refractivity contribution in [3.05, 3.63) is 132 Å². The number of hydrogen-bond acceptors (Lipinski definition) is 0. The Morgan fingerprint density at radius 2 is 0.625 bits per heavy atom. The van der Waals surface area contributed by atoms with E-state index >= 15 is 0 Å². The van der Waals surface area contributed by atoms with E-state index in [0.717, 1.165) is 0 Å². The molecule has 0 heterocycles. The summed E-state index contributed by atoms with van der Waals surface area (Å²) in [5.41, 5.74) is 7.92. The molecular formula is C40H26. The molecule has 0 heteroatoms. The van der Waals surface area contributed by atoms with Crippen molar-refractivity contribution in [2.75, 3.05) is 0 Å². The predicted molar refractivity (Wildman–Crippen MR) is 174 cm³/mol. The van der Waals surface area contributed by atoms with Crippen LogP contribution in [0.25, 0.3) is 86.9 Å². The summed E-state index contributed by atoms with van der Waals surface area (Å²) in [6.07, 6.45) is 0. The molecular weight excluding hydrogens is 480 g/mol. The zero-order chi connectivity index (χ0) is 26.5. The van der Waals surface area contributed by atoms with Gasteiger partial charge in [-0.2, -0.15) is 0 Å². The van der Waals surface area contributed by atoms with E-state index in [1.165, 1.54) is 98.0 Å². The van der Waals surface area contributed by atoms with E-state index < -0.39 is 0 Å². The Kier molecular flexibility index (Phi) is 4.28. The molecule has 0 amide bonds. The van der Waals surface area contributed by atoms with Gasteiger partial charge >= 0.3 is 0 Å². The monoisotopic (exact) mass is 506 g/mol. The highest BCUT2D eigenvalue weighted by Crippen LogP contribution is 2.55. The minimum absolute atomic E-state index is 1.28. The minimum atomic E-state index is 1.28. The van der Waals surface area contributed by atoms with Crippen LogP contribution in [0.5, 0.6) is 0 Å². The fraction of sp³-hybridized carbons (Fsp3) is 0.0500. The maximum Gasteiger partial charge on any atom is -0.000718 e. The first kappa shape index (κ1) is 21.9. The zero-order valence-corrected chi connectivity index (χ0v) is 22.5. The van der Waals surface area contributed by atoms with Crippen molar-refractivity contribution < 1.29 is 0 Å². The van der Waals surface area contributed by atoms with Crippen LogP contribution in [0, 0.1) is 13.8 Å². The van der Waals surface area contributed by atoms with Crippen LogP contribution in [0.3, 0.4) is 0 Å². The summed E-state index contributed by atoms with van der Waals surface area (Å²) in [7, 11) is 0. The average molecular weight is 507 g/mol. The number of aryl methyl sites for hydroxylation is 2. The van der Waals surface area contributed by atoms with Gasteiger partial charge in [-0.1, -0.05) is 121 Å². The first-order valence-corrected chi connectivity index (χ1v) is 14.1. The van der Waals surface area contributed by atoms with Crippen LogP contribution in [-0.2, 0) is 0 Å². The number of rotatable bonds is 2. The van der Waals surface area contributed by atoms with Crippen molar-refractivity contribution in [3.63, 3.8) is 0 Å². The molecule has 0 unspecified atom stereocenters. The van der Waals surface area contributed by atoms with Crippen LogP contribution in [0.2, 0.25) is 0 Å². The second-order valence-electron chi connectivity index (χ2n) is 11.3. The van der Waals surface area contributed by atoms with E-state index in [1.807, 2.05) is 0 Å². The molecule has 0 fully saturated rings. The molecule has 0 spiro atoms. The highest BCUT2D eigenvalue weighted by atomic mass is 14.3. The zero-order valence-electron chi connectivity index (χ0n) is 22.5. The molecule has 9 aromatic carbocycles. The van der Waals surface area contributed by atoms with Crippen molar-refractivity contribution in [1.29, 1.82) is 0 Å². The Bertz CT molecular complexity index is 2180. The van der Waals surface area contributed by atoms with Crippen LogP contribution >= 0.6 is 0 Å². The predicted octanol–water partition coefficient (Wildman–Crippen LogP) is 11.4. The second kappa shape index (κ2) is 7.81. The third-order valence-corrected chi connectivity index (χ3v) is 9.22. The average Bonchev–Trinajstić information content (AvgIpc) is 3.51. The van der Waals surface area contributed by atoms with Crippen LogP contribution in [0.1, 0.15) is 11.1 Å². The maximum atomic E-state index is 2.37. The Morgan fingerprint density at radius 1 is 0.275 bits per heavy atom. The largest absolute Gasteiger partial charge is 0.0622 e. The van der Waals surface area contributed by atoms with E-state index in [0.29, 0.717) is 0 Å². The highest BCUT2D eigenvalue weighted by molar-refractivity contribution is 6.46. The molecule has 0 bridgehead atoms. The quantitative estimate of drug-likeness (QED) is 0.219. The van der Waals surface area contributed by atoms with E-state index in [-0.39, 0.29) is 0 Å². The normalized spacial score (nSPS) is 12.2. The number of fused-ring (bicyclic) bond motifs is 6. The Balaban J connectivity index is 1.72. The third-order valence-electron chi connectivity index (χ3n) is 9.22. The molecule has 0 aromatic heterocycles. The smallest absolute Gasteiger partial charge is 0.000718 e. The molecule has 0 nitrogen and oxygen atoms in total. The van der Waals surface area contributed by atoms with E-state index in [9.17, 15) is 0 Å². The summed E-state index contributed by atoms with van der Waals surface area (Å²) >= 11 is 0. The molecule has 186 valence electrons. The van der Waals surface area contributed by atoms with Gasteiger partial charge in [-0.3, -0.25) is 0 Å². The summed E-state index contributed by atoms with van der Waals surface area (Å²) in [6, 6.07) is 45.2. The van der Waals surface area contributed by atoms with E-state index in [1.54, 1.807) is 0 Å². The lowest BCUT2D eigenvalue weighted by molar-refractivity contribution is 1.55. The van der Waals surface area contributed by atoms with Crippen molar-refractivity contribution in [2.45, 2.75) is 13.8 Å². The first-order chi connectivity index (χ1) is 19.7. The van der Waals surface area contributed by atoms with Gasteiger partial charge in [0.1, 0.15) is 0 Å². The van der Waals surface area contributed by atoms with Crippen molar-refractivity contribution in [2.24, 2.45) is 0 Å². The summed E-state index contributed by atoms with van der Waals surface area (Å²) in [4.78, 5) is 0. The van der Waals surface area contributed by atoms with Gasteiger partial charge in [-0.05, 0) is 112 Å². The van der Waals surface area contributed by atoms with Gasteiger partial charge in [-0.15, -0.1) is 0 Å². The molecule has 0 aliphatic rings. The molecule has 9 rings (SSSR count). The van der Waals surface area contributed by atoms with Crippen molar-refractivity contribution >= 4 is 64.6 Å². The van der Waals surface area contributed by atoms with Gasteiger partial charge in [0.15, 0.2) is 0 Å². The van der Waals surface area contributed by atoms with Crippen molar-refractivity contribution in [1.82, 2.24) is 0 Å². The first-order valence-electron chi connectivity index (χ1n) is 14.1. The van der Waals surface area contributed by atoms with Gasteiger partial charge in [0.25, 0.3) is 0 Å². The number of hydrogen-bond donors (Lipinski definition) is 0. The van der Waals surface area contributed by atoms with E-state index in [2.05, 4.69) is 135 Å².